The van der Waals surface area contributed by atoms with Crippen molar-refractivity contribution in [2.45, 2.75) is 18.9 Å². The largest absolute Gasteiger partial charge is 0.481 e. The Balaban J connectivity index is 2.23. The van der Waals surface area contributed by atoms with Crippen molar-refractivity contribution in [3.63, 3.8) is 0 Å². The lowest BCUT2D eigenvalue weighted by molar-refractivity contribution is -0.153. The number of methoxy groups -OCH3 is 1. The zero-order valence-electron chi connectivity index (χ0n) is 11.9. The van der Waals surface area contributed by atoms with Crippen LogP contribution >= 0.6 is 0 Å². The quantitative estimate of drug-likeness (QED) is 0.884. The third-order valence-corrected chi connectivity index (χ3v) is 3.09. The molecule has 0 saturated heterocycles. The molecular formula is C16H17NO4. The Labute approximate surface area is 123 Å². The number of rotatable bonds is 6. The third kappa shape index (κ3) is 3.72. The molecule has 0 bridgehead atoms. The van der Waals surface area contributed by atoms with E-state index in [0.717, 1.165) is 5.56 Å². The summed E-state index contributed by atoms with van der Waals surface area (Å²) in [7, 11) is 1.52. The summed E-state index contributed by atoms with van der Waals surface area (Å²) in [6.07, 6.45) is 1.79. The van der Waals surface area contributed by atoms with E-state index in [1.807, 2.05) is 6.07 Å². The molecule has 110 valence electrons. The van der Waals surface area contributed by atoms with Crippen molar-refractivity contribution in [1.29, 1.82) is 0 Å². The minimum Gasteiger partial charge on any atom is -0.481 e. The standard InChI is InChI=1S/C16H17NO4/c1-16(15(18)19,21-13-6-4-3-5-7-13)11-12-8-9-17-14(10-12)20-2/h3-10H,11H2,1-2H3,(H,18,19). The van der Waals surface area contributed by atoms with E-state index in [-0.39, 0.29) is 6.42 Å². The first kappa shape index (κ1) is 14.8. The first-order valence-corrected chi connectivity index (χ1v) is 6.50. The van der Waals surface area contributed by atoms with E-state index >= 15 is 0 Å². The van der Waals surface area contributed by atoms with Crippen LogP contribution in [0.5, 0.6) is 11.6 Å². The van der Waals surface area contributed by atoms with Crippen molar-refractivity contribution in [3.05, 3.63) is 54.2 Å². The number of benzene rings is 1. The molecule has 0 amide bonds. The summed E-state index contributed by atoms with van der Waals surface area (Å²) in [4.78, 5) is 15.6. The van der Waals surface area contributed by atoms with Gasteiger partial charge in [0.1, 0.15) is 5.75 Å². The molecule has 0 fully saturated rings. The highest BCUT2D eigenvalue weighted by Gasteiger charge is 2.36. The Morgan fingerprint density at radius 2 is 2.00 bits per heavy atom. The number of ether oxygens (including phenoxy) is 2. The van der Waals surface area contributed by atoms with Gasteiger partial charge in [-0.25, -0.2) is 9.78 Å². The first-order valence-electron chi connectivity index (χ1n) is 6.50. The number of carboxylic acids is 1. The molecule has 0 saturated carbocycles. The summed E-state index contributed by atoms with van der Waals surface area (Å²) in [5.74, 6) is -0.0643. The van der Waals surface area contributed by atoms with Crippen LogP contribution in [0.25, 0.3) is 0 Å². The monoisotopic (exact) mass is 287 g/mol. The number of pyridine rings is 1. The van der Waals surface area contributed by atoms with Gasteiger partial charge in [-0.15, -0.1) is 0 Å². The highest BCUT2D eigenvalue weighted by Crippen LogP contribution is 2.23. The van der Waals surface area contributed by atoms with Crippen molar-refractivity contribution in [2.75, 3.05) is 7.11 Å². The molecule has 1 heterocycles. The molecule has 1 N–H and O–H groups in total. The van der Waals surface area contributed by atoms with Gasteiger partial charge in [0.25, 0.3) is 0 Å². The maximum atomic E-state index is 11.6. The molecule has 1 aromatic carbocycles. The molecule has 0 aliphatic heterocycles. The van der Waals surface area contributed by atoms with Crippen LogP contribution in [-0.2, 0) is 11.2 Å². The molecule has 1 aromatic heterocycles. The van der Waals surface area contributed by atoms with E-state index in [1.54, 1.807) is 49.5 Å². The maximum absolute atomic E-state index is 11.6. The van der Waals surface area contributed by atoms with Crippen LogP contribution in [0.1, 0.15) is 12.5 Å². The molecule has 0 aliphatic carbocycles. The normalized spacial score (nSPS) is 13.2. The van der Waals surface area contributed by atoms with Gasteiger partial charge >= 0.3 is 5.97 Å². The second-order valence-electron chi connectivity index (χ2n) is 4.83. The molecule has 1 unspecified atom stereocenters. The fraction of sp³-hybridized carbons (Fsp3) is 0.250. The third-order valence-electron chi connectivity index (χ3n) is 3.09. The Bertz CT molecular complexity index is 615. The second-order valence-corrected chi connectivity index (χ2v) is 4.83. The number of carbonyl (C=O) groups is 1. The molecule has 5 nitrogen and oxygen atoms in total. The highest BCUT2D eigenvalue weighted by atomic mass is 16.5. The van der Waals surface area contributed by atoms with Crippen LogP contribution in [0.4, 0.5) is 0 Å². The number of para-hydroxylation sites is 1. The fourth-order valence-electron chi connectivity index (χ4n) is 1.97. The van der Waals surface area contributed by atoms with E-state index in [4.69, 9.17) is 9.47 Å². The van der Waals surface area contributed by atoms with Gasteiger partial charge in [-0.05, 0) is 30.7 Å². The van der Waals surface area contributed by atoms with E-state index in [9.17, 15) is 9.90 Å². The van der Waals surface area contributed by atoms with Crippen LogP contribution < -0.4 is 9.47 Å². The van der Waals surface area contributed by atoms with E-state index in [0.29, 0.717) is 11.6 Å². The molecule has 2 aromatic rings. The van der Waals surface area contributed by atoms with Gasteiger partial charge in [0, 0.05) is 18.7 Å². The molecule has 0 radical (unpaired) electrons. The predicted octanol–water partition coefficient (Wildman–Crippen LogP) is 2.56. The lowest BCUT2D eigenvalue weighted by atomic mass is 9.97. The highest BCUT2D eigenvalue weighted by molar-refractivity contribution is 5.78. The Kier molecular flexibility index (Phi) is 4.42. The molecule has 0 aliphatic rings. The summed E-state index contributed by atoms with van der Waals surface area (Å²) in [5, 5.41) is 9.51. The number of hydrogen-bond acceptors (Lipinski definition) is 4. The van der Waals surface area contributed by atoms with E-state index in [1.165, 1.54) is 7.11 Å². The van der Waals surface area contributed by atoms with Crippen LogP contribution in [0.15, 0.2) is 48.7 Å². The number of hydrogen-bond donors (Lipinski definition) is 1. The van der Waals surface area contributed by atoms with Crippen molar-refractivity contribution >= 4 is 5.97 Å². The first-order chi connectivity index (χ1) is 10.0. The summed E-state index contributed by atoms with van der Waals surface area (Å²) < 4.78 is 10.7. The zero-order chi connectivity index (χ0) is 15.3. The van der Waals surface area contributed by atoms with Gasteiger partial charge in [0.2, 0.25) is 11.5 Å². The van der Waals surface area contributed by atoms with Crippen LogP contribution in [0, 0.1) is 0 Å². The van der Waals surface area contributed by atoms with Crippen molar-refractivity contribution in [2.24, 2.45) is 0 Å². The van der Waals surface area contributed by atoms with Gasteiger partial charge in [0.15, 0.2) is 0 Å². The minimum atomic E-state index is -1.37. The van der Waals surface area contributed by atoms with Gasteiger partial charge in [0.05, 0.1) is 7.11 Å². The summed E-state index contributed by atoms with van der Waals surface area (Å²) in [6, 6.07) is 12.4. The van der Waals surface area contributed by atoms with Crippen LogP contribution in [0.2, 0.25) is 0 Å². The molecule has 5 heteroatoms. The van der Waals surface area contributed by atoms with Crippen LogP contribution in [0.3, 0.4) is 0 Å². The smallest absolute Gasteiger partial charge is 0.348 e. The van der Waals surface area contributed by atoms with E-state index < -0.39 is 11.6 Å². The number of aromatic nitrogens is 1. The van der Waals surface area contributed by atoms with Crippen LogP contribution in [-0.4, -0.2) is 28.8 Å². The predicted molar refractivity (Wildman–Crippen MR) is 77.6 cm³/mol. The molecule has 2 rings (SSSR count). The zero-order valence-corrected chi connectivity index (χ0v) is 11.9. The average molecular weight is 287 g/mol. The number of nitrogens with zero attached hydrogens (tertiary/aromatic N) is 1. The van der Waals surface area contributed by atoms with Gasteiger partial charge in [-0.1, -0.05) is 18.2 Å². The summed E-state index contributed by atoms with van der Waals surface area (Å²) in [6.45, 7) is 1.55. The van der Waals surface area contributed by atoms with Gasteiger partial charge < -0.3 is 14.6 Å². The minimum absolute atomic E-state index is 0.204. The number of carboxylic acid groups (broad SMARTS) is 1. The van der Waals surface area contributed by atoms with E-state index in [2.05, 4.69) is 4.98 Å². The fourth-order valence-corrected chi connectivity index (χ4v) is 1.97. The molecule has 21 heavy (non-hydrogen) atoms. The van der Waals surface area contributed by atoms with Gasteiger partial charge in [-0.3, -0.25) is 0 Å². The molecule has 0 spiro atoms. The maximum Gasteiger partial charge on any atom is 0.348 e. The SMILES string of the molecule is COc1cc(CC(C)(Oc2ccccc2)C(=O)O)ccn1. The Morgan fingerprint density at radius 1 is 1.29 bits per heavy atom. The Hall–Kier alpha value is -2.56. The summed E-state index contributed by atoms with van der Waals surface area (Å²) in [5.41, 5.74) is -0.587. The lowest BCUT2D eigenvalue weighted by Crippen LogP contribution is -2.43. The van der Waals surface area contributed by atoms with Crippen molar-refractivity contribution in [3.8, 4) is 11.6 Å². The topological polar surface area (TPSA) is 68.7 Å². The second kappa shape index (κ2) is 6.26. The van der Waals surface area contributed by atoms with Crippen molar-refractivity contribution < 1.29 is 19.4 Å². The lowest BCUT2D eigenvalue weighted by Gasteiger charge is -2.26. The number of aliphatic carboxylic acids is 1. The average Bonchev–Trinajstić information content (AvgIpc) is 2.48. The van der Waals surface area contributed by atoms with Crippen molar-refractivity contribution in [1.82, 2.24) is 4.98 Å². The summed E-state index contributed by atoms with van der Waals surface area (Å²) >= 11 is 0. The van der Waals surface area contributed by atoms with Gasteiger partial charge in [-0.2, -0.15) is 0 Å². The molecule has 1 atom stereocenters. The Morgan fingerprint density at radius 3 is 2.62 bits per heavy atom. The molecular weight excluding hydrogens is 270 g/mol.